The van der Waals surface area contributed by atoms with E-state index in [4.69, 9.17) is 5.14 Å². The summed E-state index contributed by atoms with van der Waals surface area (Å²) in [6, 6.07) is 7.49. The van der Waals surface area contributed by atoms with E-state index in [9.17, 15) is 13.2 Å². The minimum atomic E-state index is -3.69. The van der Waals surface area contributed by atoms with Crippen LogP contribution in [0.15, 0.2) is 29.2 Å². The topological polar surface area (TPSA) is 92.5 Å². The molecule has 2 saturated heterocycles. The summed E-state index contributed by atoms with van der Waals surface area (Å²) in [4.78, 5) is 14.5. The number of nitrogens with zero attached hydrogens (tertiary/aromatic N) is 1. The number of primary sulfonamides is 1. The Morgan fingerprint density at radius 2 is 1.77 bits per heavy atom. The molecule has 8 heteroatoms. The molecule has 2 aliphatic rings. The summed E-state index contributed by atoms with van der Waals surface area (Å²) in [5.74, 6) is 0.611. The first-order chi connectivity index (χ1) is 11.7. The number of sulfonamides is 1. The van der Waals surface area contributed by atoms with E-state index in [0.717, 1.165) is 18.4 Å². The lowest BCUT2D eigenvalue weighted by Gasteiger charge is -2.31. The first-order valence-electron chi connectivity index (χ1n) is 8.88. The number of carbonyl (C=O) groups excluding carboxylic acids is 1. The molecule has 6 nitrogen and oxygen atoms in total. The zero-order chi connectivity index (χ0) is 18.2. The molecule has 2 heterocycles. The molecule has 0 spiro atoms. The van der Waals surface area contributed by atoms with Crippen LogP contribution in [0.4, 0.5) is 0 Å². The average Bonchev–Trinajstić information content (AvgIpc) is 2.91. The lowest BCUT2D eigenvalue weighted by molar-refractivity contribution is -0.133. The fourth-order valence-electron chi connectivity index (χ4n) is 4.11. The fraction of sp³-hybridized carbons (Fsp3) is 0.611. The molecule has 0 radical (unpaired) electrons. The third-order valence-electron chi connectivity index (χ3n) is 5.70. The van der Waals surface area contributed by atoms with Crippen molar-refractivity contribution in [2.75, 3.05) is 7.05 Å². The number of nitrogens with one attached hydrogen (secondary N) is 1. The van der Waals surface area contributed by atoms with Crippen molar-refractivity contribution in [2.45, 2.75) is 62.0 Å². The minimum absolute atomic E-state index is 0. The quantitative estimate of drug-likeness (QED) is 0.790. The molecule has 3 rings (SSSR count). The number of hydrogen-bond donors (Lipinski definition) is 2. The molecular formula is C18H28ClN3O3S. The summed E-state index contributed by atoms with van der Waals surface area (Å²) in [6.07, 6.45) is 5.24. The van der Waals surface area contributed by atoms with E-state index < -0.39 is 10.0 Å². The zero-order valence-electron chi connectivity index (χ0n) is 15.2. The highest BCUT2D eigenvalue weighted by molar-refractivity contribution is 7.89. The van der Waals surface area contributed by atoms with Crippen LogP contribution in [0.1, 0.15) is 50.6 Å². The number of nitrogens with two attached hydrogens (primary N) is 1. The lowest BCUT2D eigenvalue weighted by atomic mass is 9.89. The van der Waals surface area contributed by atoms with E-state index in [0.29, 0.717) is 24.4 Å². The molecule has 1 amide bonds. The number of amides is 1. The molecule has 0 saturated carbocycles. The smallest absolute Gasteiger partial charge is 0.238 e. The van der Waals surface area contributed by atoms with Crippen LogP contribution in [0, 0.1) is 5.92 Å². The fourth-order valence-corrected chi connectivity index (χ4v) is 4.62. The molecule has 3 atom stereocenters. The molecular weight excluding hydrogens is 374 g/mol. The number of halogens is 1. The Morgan fingerprint density at radius 1 is 1.23 bits per heavy atom. The van der Waals surface area contributed by atoms with Gasteiger partial charge >= 0.3 is 0 Å². The largest absolute Gasteiger partial charge is 0.339 e. The predicted molar refractivity (Wildman–Crippen MR) is 104 cm³/mol. The van der Waals surface area contributed by atoms with E-state index in [2.05, 4.69) is 5.32 Å². The maximum atomic E-state index is 12.7. The van der Waals surface area contributed by atoms with Gasteiger partial charge in [-0.15, -0.1) is 12.4 Å². The van der Waals surface area contributed by atoms with Gasteiger partial charge in [0.15, 0.2) is 0 Å². The van der Waals surface area contributed by atoms with E-state index >= 15 is 0 Å². The summed E-state index contributed by atoms with van der Waals surface area (Å²) >= 11 is 0. The van der Waals surface area contributed by atoms with Crippen LogP contribution in [0.25, 0.3) is 0 Å². The van der Waals surface area contributed by atoms with Crippen LogP contribution < -0.4 is 10.5 Å². The monoisotopic (exact) mass is 401 g/mol. The number of rotatable bonds is 5. The predicted octanol–water partition coefficient (Wildman–Crippen LogP) is 2.20. The summed E-state index contributed by atoms with van der Waals surface area (Å²) < 4.78 is 22.7. The molecule has 2 bridgehead atoms. The number of fused-ring (bicyclic) bond motifs is 2. The second-order valence-corrected chi connectivity index (χ2v) is 9.04. The Hall–Kier alpha value is -1.15. The molecule has 3 N–H and O–H groups in total. The summed E-state index contributed by atoms with van der Waals surface area (Å²) in [7, 11) is -1.88. The summed E-state index contributed by atoms with van der Waals surface area (Å²) in [5, 5.41) is 8.73. The van der Waals surface area contributed by atoms with Gasteiger partial charge in [-0.2, -0.15) is 0 Å². The first kappa shape index (κ1) is 21.2. The number of piperidine rings is 1. The van der Waals surface area contributed by atoms with Crippen LogP contribution in [-0.2, 0) is 14.8 Å². The van der Waals surface area contributed by atoms with Crippen molar-refractivity contribution in [3.05, 3.63) is 29.8 Å². The van der Waals surface area contributed by atoms with Crippen molar-refractivity contribution < 1.29 is 13.2 Å². The van der Waals surface area contributed by atoms with Crippen LogP contribution in [0.3, 0.4) is 0 Å². The highest BCUT2D eigenvalue weighted by atomic mass is 35.5. The second kappa shape index (κ2) is 8.25. The molecule has 26 heavy (non-hydrogen) atoms. The van der Waals surface area contributed by atoms with Crippen LogP contribution in [0.2, 0.25) is 0 Å². The van der Waals surface area contributed by atoms with Gasteiger partial charge < -0.3 is 10.2 Å². The van der Waals surface area contributed by atoms with Gasteiger partial charge in [-0.3, -0.25) is 4.79 Å². The molecule has 146 valence electrons. The van der Waals surface area contributed by atoms with Gasteiger partial charge in [0.1, 0.15) is 0 Å². The van der Waals surface area contributed by atoms with E-state index in [-0.39, 0.29) is 29.3 Å². The van der Waals surface area contributed by atoms with Crippen LogP contribution in [-0.4, -0.2) is 38.4 Å². The van der Waals surface area contributed by atoms with Gasteiger partial charge in [0.25, 0.3) is 0 Å². The minimum Gasteiger partial charge on any atom is -0.339 e. The molecule has 1 aromatic rings. The van der Waals surface area contributed by atoms with E-state index in [1.807, 2.05) is 14.0 Å². The Labute approximate surface area is 162 Å². The Morgan fingerprint density at radius 3 is 2.27 bits per heavy atom. The molecule has 0 aliphatic carbocycles. The molecule has 3 unspecified atom stereocenters. The van der Waals surface area contributed by atoms with Crippen molar-refractivity contribution in [3.8, 4) is 0 Å². The first-order valence-corrected chi connectivity index (χ1v) is 10.4. The van der Waals surface area contributed by atoms with Crippen molar-refractivity contribution in [1.82, 2.24) is 10.2 Å². The Bertz CT molecular complexity index is 727. The molecule has 0 aromatic heterocycles. The molecule has 2 aliphatic heterocycles. The van der Waals surface area contributed by atoms with E-state index in [1.165, 1.54) is 25.0 Å². The SMILES string of the molecule is CC(c1ccc(S(N)(=O)=O)cc1)N(C)C(=O)CC1CC2CCC(C1)N2.Cl. The molecule has 1 aromatic carbocycles. The lowest BCUT2D eigenvalue weighted by Crippen LogP contribution is -2.40. The Balaban J connectivity index is 0.00000243. The van der Waals surface area contributed by atoms with Crippen molar-refractivity contribution in [1.29, 1.82) is 0 Å². The average molecular weight is 402 g/mol. The maximum absolute atomic E-state index is 12.7. The third-order valence-corrected chi connectivity index (χ3v) is 6.63. The second-order valence-electron chi connectivity index (χ2n) is 7.47. The summed E-state index contributed by atoms with van der Waals surface area (Å²) in [5.41, 5.74) is 0.897. The van der Waals surface area contributed by atoms with Crippen LogP contribution in [0.5, 0.6) is 0 Å². The van der Waals surface area contributed by atoms with Gasteiger partial charge in [0.2, 0.25) is 15.9 Å². The van der Waals surface area contributed by atoms with Crippen LogP contribution >= 0.6 is 12.4 Å². The number of benzene rings is 1. The normalized spacial score (nSPS) is 26.0. The van der Waals surface area contributed by atoms with Gasteiger partial charge in [-0.25, -0.2) is 13.6 Å². The molecule has 2 fully saturated rings. The van der Waals surface area contributed by atoms with Crippen molar-refractivity contribution >= 4 is 28.3 Å². The van der Waals surface area contributed by atoms with Gasteiger partial charge in [0, 0.05) is 25.6 Å². The highest BCUT2D eigenvalue weighted by Crippen LogP contribution is 2.33. The highest BCUT2D eigenvalue weighted by Gasteiger charge is 2.34. The zero-order valence-corrected chi connectivity index (χ0v) is 16.9. The van der Waals surface area contributed by atoms with Crippen molar-refractivity contribution in [2.24, 2.45) is 11.1 Å². The van der Waals surface area contributed by atoms with E-state index in [1.54, 1.807) is 17.0 Å². The van der Waals surface area contributed by atoms with Gasteiger partial charge in [-0.1, -0.05) is 12.1 Å². The van der Waals surface area contributed by atoms with Gasteiger partial charge in [-0.05, 0) is 56.2 Å². The number of hydrogen-bond acceptors (Lipinski definition) is 4. The Kier molecular flexibility index (Phi) is 6.71. The maximum Gasteiger partial charge on any atom is 0.238 e. The number of carbonyl (C=O) groups is 1. The third kappa shape index (κ3) is 4.76. The standard InChI is InChI=1S/C18H27N3O3S.ClH/c1-12(14-3-7-17(8-4-14)25(19,23)24)21(2)18(22)11-13-9-15-5-6-16(10-13)20-15;/h3-4,7-8,12-13,15-16,20H,5-6,9-11H2,1-2H3,(H2,19,23,24);1H. The van der Waals surface area contributed by atoms with Gasteiger partial charge in [0.05, 0.1) is 10.9 Å². The van der Waals surface area contributed by atoms with Crippen molar-refractivity contribution in [3.63, 3.8) is 0 Å². The summed E-state index contributed by atoms with van der Waals surface area (Å²) in [6.45, 7) is 1.95.